The van der Waals surface area contributed by atoms with Crippen LogP contribution in [0.2, 0.25) is 0 Å². The predicted molar refractivity (Wildman–Crippen MR) is 65.7 cm³/mol. The van der Waals surface area contributed by atoms with Crippen LogP contribution in [0.4, 0.5) is 0 Å². The molecular weight excluding hydrogens is 270 g/mol. The Kier molecular flexibility index (Phi) is 3.85. The maximum atomic E-state index is 11.6. The van der Waals surface area contributed by atoms with Gasteiger partial charge < -0.3 is 10.4 Å². The van der Waals surface area contributed by atoms with Crippen molar-refractivity contribution in [3.63, 3.8) is 0 Å². The van der Waals surface area contributed by atoms with E-state index in [1.807, 2.05) is 6.92 Å². The maximum absolute atomic E-state index is 11.6. The smallest absolute Gasteiger partial charge is 0.358 e. The minimum Gasteiger partial charge on any atom is -0.476 e. The van der Waals surface area contributed by atoms with Crippen LogP contribution in [0.3, 0.4) is 0 Å². The number of aromatic carboxylic acids is 1. The summed E-state index contributed by atoms with van der Waals surface area (Å²) < 4.78 is 1.17. The Labute approximate surface area is 112 Å². The fourth-order valence-corrected chi connectivity index (χ4v) is 2.06. The third-order valence-electron chi connectivity index (χ3n) is 2.17. The van der Waals surface area contributed by atoms with Gasteiger partial charge in [-0.25, -0.2) is 14.5 Å². The van der Waals surface area contributed by atoms with Gasteiger partial charge in [0.2, 0.25) is 5.91 Å². The van der Waals surface area contributed by atoms with Gasteiger partial charge in [-0.05, 0) is 6.92 Å². The zero-order chi connectivity index (χ0) is 13.8. The van der Waals surface area contributed by atoms with Crippen molar-refractivity contribution in [3.05, 3.63) is 28.0 Å². The Bertz CT molecular complexity index is 606. The van der Waals surface area contributed by atoms with Gasteiger partial charge in [0.15, 0.2) is 5.69 Å². The number of carboxylic acids is 1. The van der Waals surface area contributed by atoms with Crippen LogP contribution in [0.1, 0.15) is 20.4 Å². The summed E-state index contributed by atoms with van der Waals surface area (Å²) in [6, 6.07) is 0. The summed E-state index contributed by atoms with van der Waals surface area (Å²) in [5, 5.41) is 19.1. The molecule has 0 bridgehead atoms. The fourth-order valence-electron chi connectivity index (χ4n) is 1.33. The van der Waals surface area contributed by atoms with E-state index < -0.39 is 5.97 Å². The van der Waals surface area contributed by atoms with Gasteiger partial charge in [-0.1, -0.05) is 5.21 Å². The molecule has 0 radical (unpaired) electrons. The molecule has 0 aromatic carbocycles. The Balaban J connectivity index is 1.85. The largest absolute Gasteiger partial charge is 0.476 e. The van der Waals surface area contributed by atoms with E-state index in [1.54, 1.807) is 6.20 Å². The molecule has 0 aliphatic rings. The second-order valence-electron chi connectivity index (χ2n) is 3.75. The molecule has 2 rings (SSSR count). The van der Waals surface area contributed by atoms with E-state index in [1.165, 1.54) is 22.2 Å². The SMILES string of the molecule is Cc1cnc(CNC(=O)Cn2cc(C(=O)O)nn2)s1. The molecule has 1 amide bonds. The molecule has 9 heteroatoms. The second kappa shape index (κ2) is 5.57. The van der Waals surface area contributed by atoms with Gasteiger partial charge in [-0.3, -0.25) is 4.79 Å². The van der Waals surface area contributed by atoms with E-state index in [2.05, 4.69) is 20.6 Å². The molecule has 2 aromatic heterocycles. The molecule has 0 aliphatic heterocycles. The number of carboxylic acid groups (broad SMARTS) is 1. The van der Waals surface area contributed by atoms with Crippen molar-refractivity contribution in [2.45, 2.75) is 20.0 Å². The number of nitrogens with zero attached hydrogens (tertiary/aromatic N) is 4. The van der Waals surface area contributed by atoms with Crippen LogP contribution in [0.5, 0.6) is 0 Å². The molecule has 2 N–H and O–H groups in total. The van der Waals surface area contributed by atoms with E-state index in [0.29, 0.717) is 6.54 Å². The van der Waals surface area contributed by atoms with Crippen molar-refractivity contribution in [1.82, 2.24) is 25.3 Å². The number of amides is 1. The molecule has 0 fully saturated rings. The molecule has 100 valence electrons. The van der Waals surface area contributed by atoms with Crippen molar-refractivity contribution < 1.29 is 14.7 Å². The lowest BCUT2D eigenvalue weighted by Gasteiger charge is -2.02. The number of rotatable bonds is 5. The summed E-state index contributed by atoms with van der Waals surface area (Å²) in [5.74, 6) is -1.46. The molecular formula is C10H11N5O3S. The summed E-state index contributed by atoms with van der Waals surface area (Å²) in [6.45, 7) is 2.20. The highest BCUT2D eigenvalue weighted by Crippen LogP contribution is 2.10. The molecule has 0 unspecified atom stereocenters. The van der Waals surface area contributed by atoms with E-state index >= 15 is 0 Å². The van der Waals surface area contributed by atoms with Gasteiger partial charge in [-0.15, -0.1) is 16.4 Å². The Morgan fingerprint density at radius 3 is 2.89 bits per heavy atom. The Morgan fingerprint density at radius 2 is 2.32 bits per heavy atom. The van der Waals surface area contributed by atoms with Crippen LogP contribution in [-0.2, 0) is 17.9 Å². The van der Waals surface area contributed by atoms with Crippen LogP contribution < -0.4 is 5.32 Å². The van der Waals surface area contributed by atoms with Crippen molar-refractivity contribution in [2.75, 3.05) is 0 Å². The van der Waals surface area contributed by atoms with Crippen LogP contribution >= 0.6 is 11.3 Å². The van der Waals surface area contributed by atoms with E-state index in [0.717, 1.165) is 9.88 Å². The van der Waals surface area contributed by atoms with Gasteiger partial charge in [0.05, 0.1) is 12.7 Å². The lowest BCUT2D eigenvalue weighted by atomic mass is 10.5. The number of hydrogen-bond donors (Lipinski definition) is 2. The third-order valence-corrected chi connectivity index (χ3v) is 3.08. The summed E-state index contributed by atoms with van der Waals surface area (Å²) in [7, 11) is 0. The van der Waals surface area contributed by atoms with Gasteiger partial charge in [0, 0.05) is 11.1 Å². The number of aromatic nitrogens is 4. The van der Waals surface area contributed by atoms with E-state index in [4.69, 9.17) is 5.11 Å². The summed E-state index contributed by atoms with van der Waals surface area (Å²) in [5.41, 5.74) is -0.191. The lowest BCUT2D eigenvalue weighted by molar-refractivity contribution is -0.122. The van der Waals surface area contributed by atoms with E-state index in [9.17, 15) is 9.59 Å². The molecule has 0 aliphatic carbocycles. The fraction of sp³-hybridized carbons (Fsp3) is 0.300. The average molecular weight is 281 g/mol. The van der Waals surface area contributed by atoms with Crippen molar-refractivity contribution in [3.8, 4) is 0 Å². The number of hydrogen-bond acceptors (Lipinski definition) is 6. The summed E-state index contributed by atoms with van der Waals surface area (Å²) >= 11 is 1.51. The van der Waals surface area contributed by atoms with E-state index in [-0.39, 0.29) is 18.1 Å². The molecule has 2 aromatic rings. The van der Waals surface area contributed by atoms with Gasteiger partial charge in [0.25, 0.3) is 0 Å². The molecule has 0 saturated heterocycles. The highest BCUT2D eigenvalue weighted by molar-refractivity contribution is 7.11. The first-order valence-corrected chi connectivity index (χ1v) is 6.17. The molecule has 0 atom stereocenters. The van der Waals surface area contributed by atoms with Gasteiger partial charge >= 0.3 is 5.97 Å². The third kappa shape index (κ3) is 3.58. The van der Waals surface area contributed by atoms with Crippen molar-refractivity contribution >= 4 is 23.2 Å². The topological polar surface area (TPSA) is 110 Å². The minimum absolute atomic E-state index is 0.0787. The number of thiazole rings is 1. The minimum atomic E-state index is -1.18. The first-order chi connectivity index (χ1) is 9.04. The summed E-state index contributed by atoms with van der Waals surface area (Å²) in [6.07, 6.45) is 2.94. The maximum Gasteiger partial charge on any atom is 0.358 e. The van der Waals surface area contributed by atoms with Crippen LogP contribution in [0.25, 0.3) is 0 Å². The number of aryl methyl sites for hydroxylation is 1. The number of carbonyl (C=O) groups excluding carboxylic acids is 1. The standard InChI is InChI=1S/C10H11N5O3S/c1-6-2-12-9(19-6)3-11-8(16)5-15-4-7(10(17)18)13-14-15/h2,4H,3,5H2,1H3,(H,11,16)(H,17,18). The molecule has 8 nitrogen and oxygen atoms in total. The average Bonchev–Trinajstić information content (AvgIpc) is 2.96. The predicted octanol–water partition coefficient (Wildman–Crippen LogP) is 0.0576. The lowest BCUT2D eigenvalue weighted by Crippen LogP contribution is -2.27. The first kappa shape index (κ1) is 13.1. The monoisotopic (exact) mass is 281 g/mol. The van der Waals surface area contributed by atoms with Crippen molar-refractivity contribution in [1.29, 1.82) is 0 Å². The second-order valence-corrected chi connectivity index (χ2v) is 5.07. The number of nitrogens with one attached hydrogen (secondary N) is 1. The Morgan fingerprint density at radius 1 is 1.53 bits per heavy atom. The first-order valence-electron chi connectivity index (χ1n) is 5.36. The van der Waals surface area contributed by atoms with Crippen LogP contribution in [0, 0.1) is 6.92 Å². The zero-order valence-electron chi connectivity index (χ0n) is 10.0. The van der Waals surface area contributed by atoms with Crippen LogP contribution in [0.15, 0.2) is 12.4 Å². The highest BCUT2D eigenvalue weighted by Gasteiger charge is 2.10. The normalized spacial score (nSPS) is 10.4. The zero-order valence-corrected chi connectivity index (χ0v) is 10.8. The molecule has 2 heterocycles. The van der Waals surface area contributed by atoms with Gasteiger partial charge in [0.1, 0.15) is 11.6 Å². The van der Waals surface area contributed by atoms with Crippen LogP contribution in [-0.4, -0.2) is 37.0 Å². The molecule has 0 spiro atoms. The van der Waals surface area contributed by atoms with Crippen molar-refractivity contribution in [2.24, 2.45) is 0 Å². The quantitative estimate of drug-likeness (QED) is 0.801. The molecule has 19 heavy (non-hydrogen) atoms. The van der Waals surface area contributed by atoms with Gasteiger partial charge in [-0.2, -0.15) is 0 Å². The number of carbonyl (C=O) groups is 2. The highest BCUT2D eigenvalue weighted by atomic mass is 32.1. The molecule has 0 saturated carbocycles. The summed E-state index contributed by atoms with van der Waals surface area (Å²) in [4.78, 5) is 27.4. The Hall–Kier alpha value is -2.29.